The van der Waals surface area contributed by atoms with Gasteiger partial charge in [-0.3, -0.25) is 4.79 Å². The quantitative estimate of drug-likeness (QED) is 0.799. The first-order chi connectivity index (χ1) is 10.5. The van der Waals surface area contributed by atoms with Crippen LogP contribution >= 0.6 is 0 Å². The third-order valence-corrected chi connectivity index (χ3v) is 3.39. The molecule has 0 amide bonds. The van der Waals surface area contributed by atoms with Crippen LogP contribution in [0.4, 0.5) is 5.82 Å². The highest BCUT2D eigenvalue weighted by molar-refractivity contribution is 5.77. The van der Waals surface area contributed by atoms with Crippen molar-refractivity contribution in [3.05, 3.63) is 58.0 Å². The molecule has 0 unspecified atom stereocenters. The third kappa shape index (κ3) is 2.81. The summed E-state index contributed by atoms with van der Waals surface area (Å²) in [5, 5.41) is 0.600. The van der Waals surface area contributed by atoms with E-state index in [2.05, 4.69) is 19.9 Å². The van der Waals surface area contributed by atoms with E-state index in [0.29, 0.717) is 23.3 Å². The van der Waals surface area contributed by atoms with Gasteiger partial charge in [-0.1, -0.05) is 12.1 Å². The number of rotatable bonds is 3. The highest BCUT2D eigenvalue weighted by Crippen LogP contribution is 2.13. The largest absolute Gasteiger partial charge is 0.352 e. The first-order valence-electron chi connectivity index (χ1n) is 7.04. The van der Waals surface area contributed by atoms with Crippen molar-refractivity contribution in [2.24, 2.45) is 0 Å². The van der Waals surface area contributed by atoms with Crippen molar-refractivity contribution in [3.8, 4) is 0 Å². The van der Waals surface area contributed by atoms with Gasteiger partial charge in [0.25, 0.3) is 5.56 Å². The summed E-state index contributed by atoms with van der Waals surface area (Å²) in [5.74, 6) is 2.14. The fourth-order valence-electron chi connectivity index (χ4n) is 2.41. The predicted molar refractivity (Wildman–Crippen MR) is 86.0 cm³/mol. The molecule has 1 aromatic carbocycles. The maximum absolute atomic E-state index is 12.1. The fourth-order valence-corrected chi connectivity index (χ4v) is 2.41. The summed E-state index contributed by atoms with van der Waals surface area (Å²) in [6.07, 6.45) is 0. The zero-order chi connectivity index (χ0) is 15.7. The number of hydrogen-bond acceptors (Lipinski definition) is 5. The van der Waals surface area contributed by atoms with E-state index in [1.54, 1.807) is 6.07 Å². The Labute approximate surface area is 127 Å². The first-order valence-corrected chi connectivity index (χ1v) is 7.04. The summed E-state index contributed by atoms with van der Waals surface area (Å²) in [5.41, 5.74) is 1.49. The normalized spacial score (nSPS) is 10.9. The van der Waals surface area contributed by atoms with Gasteiger partial charge in [0.1, 0.15) is 17.5 Å². The minimum Gasteiger partial charge on any atom is -0.352 e. The lowest BCUT2D eigenvalue weighted by Crippen LogP contribution is -2.22. The molecule has 0 saturated carbocycles. The van der Waals surface area contributed by atoms with Crippen LogP contribution in [0, 0.1) is 13.8 Å². The second kappa shape index (κ2) is 5.55. The van der Waals surface area contributed by atoms with Crippen molar-refractivity contribution >= 4 is 16.7 Å². The molecule has 6 heteroatoms. The molecule has 0 bridgehead atoms. The van der Waals surface area contributed by atoms with Crippen LogP contribution in [-0.2, 0) is 6.54 Å². The van der Waals surface area contributed by atoms with Crippen molar-refractivity contribution < 1.29 is 0 Å². The SMILES string of the molecule is Cc1cc(N(C)Cc2nc3ccccc3c(=O)[nH]2)nc(C)n1. The Hall–Kier alpha value is -2.76. The van der Waals surface area contributed by atoms with Gasteiger partial charge in [0.2, 0.25) is 0 Å². The molecule has 0 radical (unpaired) electrons. The van der Waals surface area contributed by atoms with Gasteiger partial charge in [-0.25, -0.2) is 15.0 Å². The van der Waals surface area contributed by atoms with E-state index < -0.39 is 0 Å². The lowest BCUT2D eigenvalue weighted by molar-refractivity contribution is 0.815. The van der Waals surface area contributed by atoms with E-state index in [4.69, 9.17) is 0 Å². The second-order valence-electron chi connectivity index (χ2n) is 5.30. The van der Waals surface area contributed by atoms with Crippen LogP contribution in [0.3, 0.4) is 0 Å². The first kappa shape index (κ1) is 14.2. The summed E-state index contributed by atoms with van der Waals surface area (Å²) in [6.45, 7) is 4.26. The third-order valence-electron chi connectivity index (χ3n) is 3.39. The van der Waals surface area contributed by atoms with Gasteiger partial charge in [-0.15, -0.1) is 0 Å². The molecule has 3 aromatic rings. The summed E-state index contributed by atoms with van der Waals surface area (Å²) in [6, 6.07) is 9.22. The molecule has 2 heterocycles. The van der Waals surface area contributed by atoms with Crippen LogP contribution in [0.5, 0.6) is 0 Å². The van der Waals surface area contributed by atoms with Crippen molar-refractivity contribution in [2.75, 3.05) is 11.9 Å². The lowest BCUT2D eigenvalue weighted by Gasteiger charge is -2.18. The van der Waals surface area contributed by atoms with Crippen LogP contribution < -0.4 is 10.5 Å². The number of benzene rings is 1. The Balaban J connectivity index is 1.94. The molecule has 22 heavy (non-hydrogen) atoms. The minimum absolute atomic E-state index is 0.121. The Bertz CT molecular complexity index is 867. The fraction of sp³-hybridized carbons (Fsp3) is 0.250. The van der Waals surface area contributed by atoms with Gasteiger partial charge in [-0.05, 0) is 26.0 Å². The zero-order valence-electron chi connectivity index (χ0n) is 12.8. The average Bonchev–Trinajstić information content (AvgIpc) is 2.46. The van der Waals surface area contributed by atoms with Crippen molar-refractivity contribution in [1.29, 1.82) is 0 Å². The molecular formula is C16H17N5O. The van der Waals surface area contributed by atoms with E-state index in [1.165, 1.54) is 0 Å². The number of anilines is 1. The minimum atomic E-state index is -0.121. The van der Waals surface area contributed by atoms with Gasteiger partial charge in [0, 0.05) is 18.8 Å². The van der Waals surface area contributed by atoms with Crippen molar-refractivity contribution in [2.45, 2.75) is 20.4 Å². The highest BCUT2D eigenvalue weighted by atomic mass is 16.1. The molecule has 1 N–H and O–H groups in total. The van der Waals surface area contributed by atoms with E-state index in [-0.39, 0.29) is 5.56 Å². The van der Waals surface area contributed by atoms with E-state index >= 15 is 0 Å². The number of para-hydroxylation sites is 1. The molecule has 0 aliphatic rings. The summed E-state index contributed by atoms with van der Waals surface area (Å²) >= 11 is 0. The van der Waals surface area contributed by atoms with E-state index in [0.717, 1.165) is 17.3 Å². The van der Waals surface area contributed by atoms with Gasteiger partial charge in [-0.2, -0.15) is 0 Å². The molecule has 0 spiro atoms. The molecule has 112 valence electrons. The maximum Gasteiger partial charge on any atom is 0.258 e. The smallest absolute Gasteiger partial charge is 0.258 e. The number of fused-ring (bicyclic) bond motifs is 1. The summed E-state index contributed by atoms with van der Waals surface area (Å²) in [4.78, 5) is 30.0. The average molecular weight is 295 g/mol. The number of hydrogen-bond donors (Lipinski definition) is 1. The Morgan fingerprint density at radius 2 is 1.91 bits per heavy atom. The monoisotopic (exact) mass is 295 g/mol. The van der Waals surface area contributed by atoms with E-state index in [1.807, 2.05) is 50.1 Å². The van der Waals surface area contributed by atoms with Crippen LogP contribution in [0.1, 0.15) is 17.3 Å². The van der Waals surface area contributed by atoms with Gasteiger partial charge < -0.3 is 9.88 Å². The lowest BCUT2D eigenvalue weighted by atomic mass is 10.2. The molecule has 6 nitrogen and oxygen atoms in total. The molecule has 0 fully saturated rings. The highest BCUT2D eigenvalue weighted by Gasteiger charge is 2.09. The van der Waals surface area contributed by atoms with Gasteiger partial charge in [0.05, 0.1) is 17.4 Å². The van der Waals surface area contributed by atoms with Crippen molar-refractivity contribution in [3.63, 3.8) is 0 Å². The standard InChI is InChI=1S/C16H17N5O/c1-10-8-15(18-11(2)17-10)21(3)9-14-19-13-7-5-4-6-12(13)16(22)20-14/h4-8H,9H2,1-3H3,(H,19,20,22). The molecule has 3 rings (SSSR count). The molecule has 0 atom stereocenters. The number of nitrogens with zero attached hydrogens (tertiary/aromatic N) is 4. The van der Waals surface area contributed by atoms with E-state index in [9.17, 15) is 4.79 Å². The topological polar surface area (TPSA) is 74.8 Å². The number of aromatic amines is 1. The van der Waals surface area contributed by atoms with Crippen LogP contribution in [-0.4, -0.2) is 27.0 Å². The van der Waals surface area contributed by atoms with Gasteiger partial charge >= 0.3 is 0 Å². The molecule has 2 aromatic heterocycles. The Kier molecular flexibility index (Phi) is 3.58. The van der Waals surface area contributed by atoms with Crippen LogP contribution in [0.2, 0.25) is 0 Å². The second-order valence-corrected chi connectivity index (χ2v) is 5.30. The summed E-state index contributed by atoms with van der Waals surface area (Å²) < 4.78 is 0. The van der Waals surface area contributed by atoms with Gasteiger partial charge in [0.15, 0.2) is 0 Å². The number of nitrogens with one attached hydrogen (secondary N) is 1. The van der Waals surface area contributed by atoms with Crippen molar-refractivity contribution in [1.82, 2.24) is 19.9 Å². The van der Waals surface area contributed by atoms with Crippen LogP contribution in [0.25, 0.3) is 10.9 Å². The number of H-pyrrole nitrogens is 1. The molecule has 0 saturated heterocycles. The molecule has 0 aliphatic heterocycles. The molecular weight excluding hydrogens is 278 g/mol. The Morgan fingerprint density at radius 1 is 1.14 bits per heavy atom. The predicted octanol–water partition coefficient (Wildman–Crippen LogP) is 1.97. The maximum atomic E-state index is 12.1. The Morgan fingerprint density at radius 3 is 2.68 bits per heavy atom. The van der Waals surface area contributed by atoms with Crippen LogP contribution in [0.15, 0.2) is 35.1 Å². The summed E-state index contributed by atoms with van der Waals surface area (Å²) in [7, 11) is 1.91. The number of aromatic nitrogens is 4. The number of aryl methyl sites for hydroxylation is 2. The zero-order valence-corrected chi connectivity index (χ0v) is 12.8. The molecule has 0 aliphatic carbocycles.